The number of rotatable bonds is 13. The molecule has 3 rings (SSSR count). The number of aryl methyl sites for hydroxylation is 2. The summed E-state index contributed by atoms with van der Waals surface area (Å²) >= 11 is 0. The number of phenols is 1. The molecule has 0 fully saturated rings. The monoisotopic (exact) mass is 590 g/mol. The Morgan fingerprint density at radius 3 is 2.33 bits per heavy atom. The number of aliphatic hydroxyl groups excluding tert-OH is 1. The van der Waals surface area contributed by atoms with E-state index in [1.54, 1.807) is 6.07 Å². The predicted molar refractivity (Wildman–Crippen MR) is 174 cm³/mol. The van der Waals surface area contributed by atoms with Crippen molar-refractivity contribution in [3.63, 3.8) is 0 Å². The zero-order valence-corrected chi connectivity index (χ0v) is 27.7. The number of hydrogen-bond acceptors (Lipinski definition) is 5. The molecule has 3 aromatic carbocycles. The molecule has 4 N–H and O–H groups in total. The van der Waals surface area contributed by atoms with Crippen LogP contribution in [0.5, 0.6) is 5.75 Å². The van der Waals surface area contributed by atoms with Crippen molar-refractivity contribution in [1.82, 2.24) is 10.6 Å². The minimum Gasteiger partial charge on any atom is -0.508 e. The summed E-state index contributed by atoms with van der Waals surface area (Å²) in [6.45, 7) is 18.4. The Bertz CT molecular complexity index is 1350. The summed E-state index contributed by atoms with van der Waals surface area (Å²) in [6.07, 6.45) is 0.936. The first-order chi connectivity index (χ1) is 19.7. The lowest BCUT2D eigenvalue weighted by Crippen LogP contribution is -2.44. The maximum absolute atomic E-state index is 12.7. The van der Waals surface area contributed by atoms with E-state index < -0.39 is 8.32 Å². The third kappa shape index (κ3) is 9.53. The fraction of sp³-hybridized carbons (Fsp3) is 0.457. The first-order valence-corrected chi connectivity index (χ1v) is 17.8. The molecule has 1 amide bonds. The number of nitrogens with one attached hydrogen (secondary N) is 2. The maximum atomic E-state index is 12.7. The van der Waals surface area contributed by atoms with Gasteiger partial charge in [-0.15, -0.1) is 0 Å². The van der Waals surface area contributed by atoms with Gasteiger partial charge in [0.1, 0.15) is 5.75 Å². The standard InChI is InChI=1S/C35H50N2O4Si/c1-24-12-13-29(16-25(24)2)21-37-34(40)19-28-11-9-10-27(18-28)17-26(3)36-22-33(41-42(7,8)35(4,5)6)30-14-15-32(39)31(20-30)23-38/h9-16,18,20,26,33,36,38-39H,17,19,21-23H2,1-8H3,(H,37,40)/t26-,33+/m1/s1. The highest BCUT2D eigenvalue weighted by Crippen LogP contribution is 2.40. The molecular formula is C35H50N2O4Si. The highest BCUT2D eigenvalue weighted by atomic mass is 28.4. The Balaban J connectivity index is 1.62. The van der Waals surface area contributed by atoms with Crippen LogP contribution in [0.1, 0.15) is 72.7 Å². The van der Waals surface area contributed by atoms with Crippen molar-refractivity contribution in [2.75, 3.05) is 6.54 Å². The zero-order valence-electron chi connectivity index (χ0n) is 26.7. The van der Waals surface area contributed by atoms with Crippen LogP contribution in [0.25, 0.3) is 0 Å². The van der Waals surface area contributed by atoms with Crippen LogP contribution in [0.2, 0.25) is 18.1 Å². The van der Waals surface area contributed by atoms with E-state index in [2.05, 4.69) is 95.6 Å². The fourth-order valence-electron chi connectivity index (χ4n) is 4.65. The Morgan fingerprint density at radius 1 is 0.952 bits per heavy atom. The summed E-state index contributed by atoms with van der Waals surface area (Å²) < 4.78 is 6.83. The molecular weight excluding hydrogens is 540 g/mol. The highest BCUT2D eigenvalue weighted by Gasteiger charge is 2.39. The van der Waals surface area contributed by atoms with E-state index in [0.29, 0.717) is 25.1 Å². The summed E-state index contributed by atoms with van der Waals surface area (Å²) in [5.74, 6) is 0.103. The van der Waals surface area contributed by atoms with E-state index in [1.807, 2.05) is 24.3 Å². The number of hydrogen-bond donors (Lipinski definition) is 4. The quantitative estimate of drug-likeness (QED) is 0.168. The van der Waals surface area contributed by atoms with E-state index >= 15 is 0 Å². The number of aromatic hydroxyl groups is 1. The van der Waals surface area contributed by atoms with E-state index in [0.717, 1.165) is 23.1 Å². The van der Waals surface area contributed by atoms with Gasteiger partial charge in [-0.1, -0.05) is 69.3 Å². The highest BCUT2D eigenvalue weighted by molar-refractivity contribution is 6.74. The molecule has 0 heterocycles. The van der Waals surface area contributed by atoms with Gasteiger partial charge in [-0.3, -0.25) is 4.79 Å². The lowest BCUT2D eigenvalue weighted by molar-refractivity contribution is -0.120. The van der Waals surface area contributed by atoms with Gasteiger partial charge in [0.25, 0.3) is 0 Å². The topological polar surface area (TPSA) is 90.8 Å². The lowest BCUT2D eigenvalue weighted by Gasteiger charge is -2.40. The van der Waals surface area contributed by atoms with Crippen LogP contribution in [-0.4, -0.2) is 37.0 Å². The molecule has 3 aromatic rings. The van der Waals surface area contributed by atoms with Crippen molar-refractivity contribution in [3.05, 3.63) is 99.6 Å². The van der Waals surface area contributed by atoms with E-state index in [9.17, 15) is 15.0 Å². The smallest absolute Gasteiger partial charge is 0.224 e. The van der Waals surface area contributed by atoms with Gasteiger partial charge in [0.2, 0.25) is 5.91 Å². The Labute approximate surface area is 253 Å². The summed E-state index contributed by atoms with van der Waals surface area (Å²) in [6, 6.07) is 20.0. The molecule has 2 atom stereocenters. The van der Waals surface area contributed by atoms with E-state index in [1.165, 1.54) is 16.7 Å². The summed E-state index contributed by atoms with van der Waals surface area (Å²) in [7, 11) is -2.10. The largest absolute Gasteiger partial charge is 0.508 e. The van der Waals surface area contributed by atoms with Crippen LogP contribution >= 0.6 is 0 Å². The molecule has 0 aromatic heterocycles. The number of amides is 1. The first kappa shape index (κ1) is 33.5. The predicted octanol–water partition coefficient (Wildman–Crippen LogP) is 6.64. The maximum Gasteiger partial charge on any atom is 0.224 e. The summed E-state index contributed by atoms with van der Waals surface area (Å²) in [5.41, 5.74) is 7.19. The Hall–Kier alpha value is -2.97. The van der Waals surface area contributed by atoms with Gasteiger partial charge in [-0.2, -0.15) is 0 Å². The van der Waals surface area contributed by atoms with Gasteiger partial charge in [0, 0.05) is 24.7 Å². The van der Waals surface area contributed by atoms with Gasteiger partial charge in [-0.05, 0) is 90.8 Å². The molecule has 0 aliphatic carbocycles. The van der Waals surface area contributed by atoms with E-state index in [4.69, 9.17) is 4.43 Å². The van der Waals surface area contributed by atoms with Crippen molar-refractivity contribution in [2.45, 2.75) is 97.8 Å². The molecule has 0 spiro atoms. The zero-order chi connectivity index (χ0) is 31.1. The van der Waals surface area contributed by atoms with Crippen LogP contribution in [0.4, 0.5) is 0 Å². The second-order valence-electron chi connectivity index (χ2n) is 13.1. The molecule has 0 unspecified atom stereocenters. The molecule has 0 bridgehead atoms. The van der Waals surface area contributed by atoms with Gasteiger partial charge < -0.3 is 25.3 Å². The third-order valence-corrected chi connectivity index (χ3v) is 13.0. The van der Waals surface area contributed by atoms with Gasteiger partial charge in [0.15, 0.2) is 8.32 Å². The second kappa shape index (κ2) is 14.5. The lowest BCUT2D eigenvalue weighted by atomic mass is 10.0. The summed E-state index contributed by atoms with van der Waals surface area (Å²) in [4.78, 5) is 12.7. The van der Waals surface area contributed by atoms with Crippen molar-refractivity contribution >= 4 is 14.2 Å². The van der Waals surface area contributed by atoms with Gasteiger partial charge in [0.05, 0.1) is 19.1 Å². The number of benzene rings is 3. The second-order valence-corrected chi connectivity index (χ2v) is 17.9. The molecule has 0 radical (unpaired) electrons. The molecule has 6 nitrogen and oxygen atoms in total. The molecule has 0 aliphatic rings. The number of carbonyl (C=O) groups is 1. The normalized spacial score (nSPS) is 13.5. The van der Waals surface area contributed by atoms with Crippen molar-refractivity contribution < 1.29 is 19.4 Å². The van der Waals surface area contributed by atoms with Crippen LogP contribution in [0.15, 0.2) is 60.7 Å². The first-order valence-electron chi connectivity index (χ1n) is 14.9. The molecule has 42 heavy (non-hydrogen) atoms. The van der Waals surface area contributed by atoms with Crippen molar-refractivity contribution in [1.29, 1.82) is 0 Å². The third-order valence-electron chi connectivity index (χ3n) is 8.50. The number of carbonyl (C=O) groups excluding carboxylic acids is 1. The molecule has 7 heteroatoms. The van der Waals surface area contributed by atoms with Gasteiger partial charge in [-0.25, -0.2) is 0 Å². The van der Waals surface area contributed by atoms with Crippen molar-refractivity contribution in [2.24, 2.45) is 0 Å². The molecule has 228 valence electrons. The summed E-state index contributed by atoms with van der Waals surface area (Å²) in [5, 5.41) is 26.6. The van der Waals surface area contributed by atoms with E-state index in [-0.39, 0.29) is 35.4 Å². The van der Waals surface area contributed by atoms with Crippen LogP contribution in [-0.2, 0) is 35.2 Å². The molecule has 0 saturated heterocycles. The van der Waals surface area contributed by atoms with Crippen LogP contribution in [0.3, 0.4) is 0 Å². The number of aliphatic hydroxyl groups is 1. The van der Waals surface area contributed by atoms with Crippen LogP contribution in [0, 0.1) is 13.8 Å². The van der Waals surface area contributed by atoms with Crippen LogP contribution < -0.4 is 10.6 Å². The average molecular weight is 591 g/mol. The molecule has 0 saturated carbocycles. The SMILES string of the molecule is Cc1ccc(CNC(=O)Cc2cccc(C[C@@H](C)NC[C@H](O[Si](C)(C)C(C)(C)C)c3ccc(O)c(CO)c3)c2)cc1C. The fourth-order valence-corrected chi connectivity index (χ4v) is 5.94. The molecule has 0 aliphatic heterocycles. The average Bonchev–Trinajstić information content (AvgIpc) is 2.91. The van der Waals surface area contributed by atoms with Gasteiger partial charge >= 0.3 is 0 Å². The minimum atomic E-state index is -2.10. The Morgan fingerprint density at radius 2 is 1.67 bits per heavy atom. The minimum absolute atomic E-state index is 0.0123. The Kier molecular flexibility index (Phi) is 11.6. The van der Waals surface area contributed by atoms with Crippen molar-refractivity contribution in [3.8, 4) is 5.75 Å².